The molecule has 2 rings (SSSR count). The SMILES string of the molecule is CCC(CC)(c1ccccc1)C(NN)c1cnnn1C. The zero-order valence-corrected chi connectivity index (χ0v) is 12.4. The number of nitrogens with zero attached hydrogens (tertiary/aromatic N) is 3. The van der Waals surface area contributed by atoms with Crippen LogP contribution in [0.15, 0.2) is 36.5 Å². The molecule has 0 bridgehead atoms. The van der Waals surface area contributed by atoms with Gasteiger partial charge < -0.3 is 0 Å². The van der Waals surface area contributed by atoms with Crippen LogP contribution in [0.3, 0.4) is 0 Å². The molecule has 1 aromatic heterocycles. The van der Waals surface area contributed by atoms with Crippen molar-refractivity contribution in [2.45, 2.75) is 38.1 Å². The van der Waals surface area contributed by atoms with Gasteiger partial charge in [0.05, 0.1) is 17.9 Å². The van der Waals surface area contributed by atoms with Crippen molar-refractivity contribution in [2.24, 2.45) is 12.9 Å². The molecule has 1 atom stereocenters. The number of nitrogens with one attached hydrogen (secondary N) is 1. The summed E-state index contributed by atoms with van der Waals surface area (Å²) in [4.78, 5) is 0. The van der Waals surface area contributed by atoms with Crippen molar-refractivity contribution in [2.75, 3.05) is 0 Å². The van der Waals surface area contributed by atoms with E-state index in [-0.39, 0.29) is 11.5 Å². The molecule has 0 aliphatic carbocycles. The van der Waals surface area contributed by atoms with Crippen molar-refractivity contribution in [3.63, 3.8) is 0 Å². The van der Waals surface area contributed by atoms with Crippen molar-refractivity contribution in [3.8, 4) is 0 Å². The second kappa shape index (κ2) is 6.15. The second-order valence-electron chi connectivity index (χ2n) is 5.11. The summed E-state index contributed by atoms with van der Waals surface area (Å²) >= 11 is 0. The van der Waals surface area contributed by atoms with Gasteiger partial charge in [0.2, 0.25) is 0 Å². The minimum absolute atomic E-state index is 0.0279. The van der Waals surface area contributed by atoms with E-state index < -0.39 is 0 Å². The number of hydrogen-bond donors (Lipinski definition) is 2. The van der Waals surface area contributed by atoms with Gasteiger partial charge >= 0.3 is 0 Å². The van der Waals surface area contributed by atoms with Gasteiger partial charge in [0.15, 0.2) is 0 Å². The summed E-state index contributed by atoms with van der Waals surface area (Å²) in [5.74, 6) is 5.89. The number of aromatic nitrogens is 3. The summed E-state index contributed by atoms with van der Waals surface area (Å²) in [6.45, 7) is 4.40. The molecule has 0 radical (unpaired) electrons. The third kappa shape index (κ3) is 2.34. The number of hydrazine groups is 1. The average Bonchev–Trinajstić information content (AvgIpc) is 2.91. The van der Waals surface area contributed by atoms with Crippen LogP contribution < -0.4 is 11.3 Å². The van der Waals surface area contributed by atoms with Crippen LogP contribution in [0.25, 0.3) is 0 Å². The average molecular weight is 273 g/mol. The highest BCUT2D eigenvalue weighted by atomic mass is 15.4. The quantitative estimate of drug-likeness (QED) is 0.624. The molecule has 0 amide bonds. The first-order chi connectivity index (χ1) is 9.69. The second-order valence-corrected chi connectivity index (χ2v) is 5.11. The highest BCUT2D eigenvalue weighted by molar-refractivity contribution is 5.30. The highest BCUT2D eigenvalue weighted by Crippen LogP contribution is 2.42. The lowest BCUT2D eigenvalue weighted by molar-refractivity contribution is 0.266. The first-order valence-corrected chi connectivity index (χ1v) is 7.05. The molecule has 0 spiro atoms. The topological polar surface area (TPSA) is 68.8 Å². The number of rotatable bonds is 6. The molecule has 0 saturated carbocycles. The Bertz CT molecular complexity index is 530. The maximum absolute atomic E-state index is 5.89. The third-order valence-electron chi connectivity index (χ3n) is 4.38. The van der Waals surface area contributed by atoms with E-state index in [9.17, 15) is 0 Å². The monoisotopic (exact) mass is 273 g/mol. The largest absolute Gasteiger partial charge is 0.271 e. The predicted octanol–water partition coefficient (Wildman–Crippen LogP) is 2.08. The summed E-state index contributed by atoms with van der Waals surface area (Å²) in [5, 5.41) is 8.02. The fourth-order valence-corrected chi connectivity index (χ4v) is 3.09. The van der Waals surface area contributed by atoms with E-state index in [2.05, 4.69) is 53.9 Å². The van der Waals surface area contributed by atoms with E-state index in [1.807, 2.05) is 13.1 Å². The fourth-order valence-electron chi connectivity index (χ4n) is 3.09. The van der Waals surface area contributed by atoms with E-state index >= 15 is 0 Å². The summed E-state index contributed by atoms with van der Waals surface area (Å²) in [6, 6.07) is 10.5. The molecule has 0 fully saturated rings. The van der Waals surface area contributed by atoms with Crippen molar-refractivity contribution >= 4 is 0 Å². The standard InChI is InChI=1S/C15H23N5/c1-4-15(5-2,12-9-7-6-8-10-12)14(18-16)13-11-17-19-20(13)3/h6-11,14,18H,4-5,16H2,1-3H3. The Labute approximate surface area is 120 Å². The molecule has 1 aromatic carbocycles. The zero-order chi connectivity index (χ0) is 14.6. The molecule has 108 valence electrons. The van der Waals surface area contributed by atoms with Crippen LogP contribution in [0, 0.1) is 0 Å². The summed E-state index contributed by atoms with van der Waals surface area (Å²) < 4.78 is 1.79. The normalized spacial score (nSPS) is 13.4. The number of aryl methyl sites for hydroxylation is 1. The molecular weight excluding hydrogens is 250 g/mol. The molecule has 0 aliphatic heterocycles. The lowest BCUT2D eigenvalue weighted by Crippen LogP contribution is -2.45. The van der Waals surface area contributed by atoms with E-state index in [4.69, 9.17) is 5.84 Å². The minimum atomic E-state index is -0.0779. The van der Waals surface area contributed by atoms with Crippen LogP contribution >= 0.6 is 0 Å². The number of hydrogen-bond acceptors (Lipinski definition) is 4. The van der Waals surface area contributed by atoms with Crippen LogP contribution in [0.1, 0.15) is 44.0 Å². The molecule has 5 nitrogen and oxygen atoms in total. The Hall–Kier alpha value is -1.72. The Balaban J connectivity index is 2.54. The van der Waals surface area contributed by atoms with Gasteiger partial charge in [-0.1, -0.05) is 49.4 Å². The zero-order valence-electron chi connectivity index (χ0n) is 12.4. The third-order valence-corrected chi connectivity index (χ3v) is 4.38. The Kier molecular flexibility index (Phi) is 4.52. The summed E-state index contributed by atoms with van der Waals surface area (Å²) in [7, 11) is 1.90. The van der Waals surface area contributed by atoms with Gasteiger partial charge in [-0.25, -0.2) is 0 Å². The van der Waals surface area contributed by atoms with Gasteiger partial charge in [0, 0.05) is 12.5 Å². The fraction of sp³-hybridized carbons (Fsp3) is 0.467. The Morgan fingerprint density at radius 2 is 1.90 bits per heavy atom. The van der Waals surface area contributed by atoms with Crippen molar-refractivity contribution in [1.29, 1.82) is 0 Å². The van der Waals surface area contributed by atoms with E-state index in [1.165, 1.54) is 5.56 Å². The number of nitrogens with two attached hydrogens (primary N) is 1. The van der Waals surface area contributed by atoms with Gasteiger partial charge in [-0.2, -0.15) is 0 Å². The van der Waals surface area contributed by atoms with Crippen molar-refractivity contribution < 1.29 is 0 Å². The van der Waals surface area contributed by atoms with Crippen molar-refractivity contribution in [3.05, 3.63) is 47.8 Å². The highest BCUT2D eigenvalue weighted by Gasteiger charge is 2.39. The van der Waals surface area contributed by atoms with Crippen LogP contribution in [0.2, 0.25) is 0 Å². The molecule has 1 heterocycles. The molecular formula is C15H23N5. The van der Waals surface area contributed by atoms with Crippen LogP contribution in [0.4, 0.5) is 0 Å². The van der Waals surface area contributed by atoms with Gasteiger partial charge in [0.25, 0.3) is 0 Å². The Morgan fingerprint density at radius 3 is 2.35 bits per heavy atom. The maximum Gasteiger partial charge on any atom is 0.0775 e. The molecule has 5 heteroatoms. The smallest absolute Gasteiger partial charge is 0.0775 e. The number of benzene rings is 1. The molecule has 0 aliphatic rings. The van der Waals surface area contributed by atoms with E-state index in [1.54, 1.807) is 10.9 Å². The van der Waals surface area contributed by atoms with Gasteiger partial charge in [0.1, 0.15) is 0 Å². The lowest BCUT2D eigenvalue weighted by Gasteiger charge is -2.39. The minimum Gasteiger partial charge on any atom is -0.271 e. The Morgan fingerprint density at radius 1 is 1.25 bits per heavy atom. The summed E-state index contributed by atoms with van der Waals surface area (Å²) in [5.41, 5.74) is 5.19. The molecule has 0 saturated heterocycles. The van der Waals surface area contributed by atoms with Gasteiger partial charge in [-0.3, -0.25) is 16.0 Å². The van der Waals surface area contributed by atoms with Crippen LogP contribution in [0.5, 0.6) is 0 Å². The van der Waals surface area contributed by atoms with Crippen LogP contribution in [-0.4, -0.2) is 15.0 Å². The maximum atomic E-state index is 5.89. The lowest BCUT2D eigenvalue weighted by atomic mass is 9.69. The van der Waals surface area contributed by atoms with Gasteiger partial charge in [-0.05, 0) is 18.4 Å². The first-order valence-electron chi connectivity index (χ1n) is 7.05. The molecule has 20 heavy (non-hydrogen) atoms. The predicted molar refractivity (Wildman–Crippen MR) is 79.8 cm³/mol. The molecule has 3 N–H and O–H groups in total. The van der Waals surface area contributed by atoms with Gasteiger partial charge in [-0.15, -0.1) is 5.10 Å². The van der Waals surface area contributed by atoms with Crippen molar-refractivity contribution in [1.82, 2.24) is 20.4 Å². The van der Waals surface area contributed by atoms with E-state index in [0.717, 1.165) is 18.5 Å². The van der Waals surface area contributed by atoms with Crippen LogP contribution in [-0.2, 0) is 12.5 Å². The molecule has 2 aromatic rings. The molecule has 1 unspecified atom stereocenters. The summed E-state index contributed by atoms with van der Waals surface area (Å²) in [6.07, 6.45) is 3.74. The first kappa shape index (κ1) is 14.7. The van der Waals surface area contributed by atoms with E-state index in [0.29, 0.717) is 0 Å².